The summed E-state index contributed by atoms with van der Waals surface area (Å²) >= 11 is 1.83. The fraction of sp³-hybridized carbons (Fsp3) is 0.800. The van der Waals surface area contributed by atoms with E-state index in [0.29, 0.717) is 0 Å². The molecule has 0 aromatic carbocycles. The van der Waals surface area contributed by atoms with Crippen LogP contribution in [0.3, 0.4) is 0 Å². The van der Waals surface area contributed by atoms with Gasteiger partial charge in [0.25, 0.3) is 0 Å². The summed E-state index contributed by atoms with van der Waals surface area (Å²) in [4.78, 5) is 6.22. The van der Waals surface area contributed by atoms with Crippen molar-refractivity contribution in [2.24, 2.45) is 0 Å². The average molecular weight is 284 g/mol. The zero-order valence-corrected chi connectivity index (χ0v) is 14.0. The quantitative estimate of drug-likeness (QED) is 0.778. The molecule has 0 aliphatic rings. The van der Waals surface area contributed by atoms with Gasteiger partial charge >= 0.3 is 0 Å². The van der Waals surface area contributed by atoms with Crippen LogP contribution >= 0.6 is 11.3 Å². The Balaban J connectivity index is 2.86. The monoisotopic (exact) mass is 284 g/mol. The lowest BCUT2D eigenvalue weighted by Crippen LogP contribution is -2.19. The number of rotatable bonds is 7. The summed E-state index contributed by atoms with van der Waals surface area (Å²) in [6.45, 7) is 13.0. The smallest absolute Gasteiger partial charge is 0.0957 e. The van der Waals surface area contributed by atoms with E-state index in [1.165, 1.54) is 15.6 Å². The fourth-order valence-electron chi connectivity index (χ4n) is 1.90. The normalized spacial score (nSPS) is 13.8. The van der Waals surface area contributed by atoms with Gasteiger partial charge in [0.2, 0.25) is 0 Å². The molecule has 0 aliphatic carbocycles. The zero-order chi connectivity index (χ0) is 14.5. The summed E-state index contributed by atoms with van der Waals surface area (Å²) in [5, 5.41) is 4.67. The lowest BCUT2D eigenvalue weighted by atomic mass is 9.91. The number of hydrogen-bond donors (Lipinski definition) is 1. The molecule has 4 heteroatoms. The number of methoxy groups -OCH3 is 1. The van der Waals surface area contributed by atoms with E-state index in [9.17, 15) is 0 Å². The molecular weight excluding hydrogens is 256 g/mol. The Morgan fingerprint density at radius 2 is 2.05 bits per heavy atom. The predicted molar refractivity (Wildman–Crippen MR) is 83.0 cm³/mol. The van der Waals surface area contributed by atoms with Crippen LogP contribution in [0.5, 0.6) is 0 Å². The van der Waals surface area contributed by atoms with E-state index in [-0.39, 0.29) is 11.5 Å². The van der Waals surface area contributed by atoms with Crippen molar-refractivity contribution < 1.29 is 4.74 Å². The van der Waals surface area contributed by atoms with Gasteiger partial charge in [0, 0.05) is 30.4 Å². The van der Waals surface area contributed by atoms with E-state index in [0.717, 1.165) is 25.9 Å². The van der Waals surface area contributed by atoms with E-state index in [1.807, 2.05) is 11.3 Å². The molecule has 110 valence electrons. The molecule has 1 aromatic rings. The molecule has 0 saturated heterocycles. The minimum Gasteiger partial charge on any atom is -0.381 e. The van der Waals surface area contributed by atoms with Gasteiger partial charge in [-0.15, -0.1) is 11.3 Å². The Morgan fingerprint density at radius 1 is 1.37 bits per heavy atom. The lowest BCUT2D eigenvalue weighted by molar-refractivity contribution is 0.118. The zero-order valence-electron chi connectivity index (χ0n) is 13.2. The number of hydrogen-bond acceptors (Lipinski definition) is 4. The second-order valence-corrected chi connectivity index (χ2v) is 7.22. The van der Waals surface area contributed by atoms with Crippen molar-refractivity contribution in [1.82, 2.24) is 10.3 Å². The molecule has 1 aromatic heterocycles. The van der Waals surface area contributed by atoms with Crippen LogP contribution in [0.1, 0.15) is 56.6 Å². The molecule has 1 rings (SSSR count). The summed E-state index contributed by atoms with van der Waals surface area (Å²) in [6.07, 6.45) is 2.30. The van der Waals surface area contributed by atoms with Crippen LogP contribution in [-0.4, -0.2) is 24.7 Å². The third kappa shape index (κ3) is 5.21. The van der Waals surface area contributed by atoms with Gasteiger partial charge in [-0.3, -0.25) is 0 Å². The van der Waals surface area contributed by atoms with E-state index < -0.39 is 0 Å². The maximum absolute atomic E-state index is 5.34. The number of ether oxygens (including phenoxy) is 1. The molecule has 0 aliphatic heterocycles. The van der Waals surface area contributed by atoms with Crippen molar-refractivity contribution in [2.75, 3.05) is 13.7 Å². The molecule has 0 amide bonds. The van der Waals surface area contributed by atoms with Crippen LogP contribution in [0, 0.1) is 0 Å². The van der Waals surface area contributed by atoms with Crippen molar-refractivity contribution in [3.05, 3.63) is 15.6 Å². The van der Waals surface area contributed by atoms with Crippen LogP contribution < -0.4 is 5.32 Å². The molecule has 1 atom stereocenters. The number of aromatic nitrogens is 1. The average Bonchev–Trinajstić information content (AvgIpc) is 2.72. The third-order valence-electron chi connectivity index (χ3n) is 3.03. The van der Waals surface area contributed by atoms with Gasteiger partial charge in [0.15, 0.2) is 0 Å². The fourth-order valence-corrected chi connectivity index (χ4v) is 3.26. The Hall–Kier alpha value is -0.450. The second kappa shape index (κ2) is 7.36. The minimum absolute atomic E-state index is 0.105. The molecule has 0 saturated carbocycles. The first-order valence-electron chi connectivity index (χ1n) is 7.11. The highest BCUT2D eigenvalue weighted by atomic mass is 32.1. The molecule has 1 N–H and O–H groups in total. The SMILES string of the molecule is CCCNCc1sc(CC(C)OC)nc1C(C)(C)C. The van der Waals surface area contributed by atoms with Crippen LogP contribution in [0.2, 0.25) is 0 Å². The first kappa shape index (κ1) is 16.6. The maximum Gasteiger partial charge on any atom is 0.0957 e. The van der Waals surface area contributed by atoms with Gasteiger partial charge in [0.05, 0.1) is 16.8 Å². The highest BCUT2D eigenvalue weighted by Gasteiger charge is 2.23. The molecule has 0 spiro atoms. The standard InChI is InChI=1S/C15H28N2OS/c1-7-8-16-10-12-14(15(3,4)5)17-13(19-12)9-11(2)18-6/h11,16H,7-10H2,1-6H3. The van der Waals surface area contributed by atoms with Crippen LogP contribution in [0.25, 0.3) is 0 Å². The highest BCUT2D eigenvalue weighted by Crippen LogP contribution is 2.30. The highest BCUT2D eigenvalue weighted by molar-refractivity contribution is 7.11. The summed E-state index contributed by atoms with van der Waals surface area (Å²) < 4.78 is 5.34. The van der Waals surface area contributed by atoms with E-state index in [1.54, 1.807) is 7.11 Å². The molecule has 1 heterocycles. The molecule has 1 unspecified atom stereocenters. The van der Waals surface area contributed by atoms with Crippen LogP contribution in [0.4, 0.5) is 0 Å². The molecule has 19 heavy (non-hydrogen) atoms. The minimum atomic E-state index is 0.105. The van der Waals surface area contributed by atoms with Gasteiger partial charge in [-0.1, -0.05) is 27.7 Å². The van der Waals surface area contributed by atoms with Gasteiger partial charge in [-0.05, 0) is 19.9 Å². The van der Waals surface area contributed by atoms with Gasteiger partial charge in [0.1, 0.15) is 0 Å². The van der Waals surface area contributed by atoms with Crippen molar-refractivity contribution >= 4 is 11.3 Å². The third-order valence-corrected chi connectivity index (χ3v) is 4.11. The van der Waals surface area contributed by atoms with Crippen LogP contribution in [0.15, 0.2) is 0 Å². The van der Waals surface area contributed by atoms with Gasteiger partial charge in [-0.2, -0.15) is 0 Å². The Morgan fingerprint density at radius 3 is 2.58 bits per heavy atom. The van der Waals surface area contributed by atoms with Crippen molar-refractivity contribution in [3.8, 4) is 0 Å². The van der Waals surface area contributed by atoms with E-state index >= 15 is 0 Å². The van der Waals surface area contributed by atoms with Gasteiger partial charge in [-0.25, -0.2) is 4.98 Å². The topological polar surface area (TPSA) is 34.1 Å². The molecule has 0 radical (unpaired) electrons. The first-order valence-corrected chi connectivity index (χ1v) is 7.92. The van der Waals surface area contributed by atoms with Gasteiger partial charge < -0.3 is 10.1 Å². The number of nitrogens with one attached hydrogen (secondary N) is 1. The summed E-state index contributed by atoms with van der Waals surface area (Å²) in [5.41, 5.74) is 1.34. The number of nitrogens with zero attached hydrogens (tertiary/aromatic N) is 1. The van der Waals surface area contributed by atoms with Crippen molar-refractivity contribution in [1.29, 1.82) is 0 Å². The Kier molecular flexibility index (Phi) is 6.43. The largest absolute Gasteiger partial charge is 0.381 e. The van der Waals surface area contributed by atoms with E-state index in [4.69, 9.17) is 9.72 Å². The second-order valence-electron chi connectivity index (χ2n) is 6.06. The predicted octanol–water partition coefficient (Wildman–Crippen LogP) is 3.52. The Bertz CT molecular complexity index is 382. The maximum atomic E-state index is 5.34. The Labute approximate surface area is 121 Å². The molecular formula is C15H28N2OS. The molecule has 0 bridgehead atoms. The summed E-state index contributed by atoms with van der Waals surface area (Å²) in [6, 6.07) is 0. The first-order chi connectivity index (χ1) is 8.88. The van der Waals surface area contributed by atoms with Crippen molar-refractivity contribution in [3.63, 3.8) is 0 Å². The summed E-state index contributed by atoms with van der Waals surface area (Å²) in [7, 11) is 1.76. The molecule has 3 nitrogen and oxygen atoms in total. The van der Waals surface area contributed by atoms with Crippen molar-refractivity contribution in [2.45, 2.75) is 65.5 Å². The lowest BCUT2D eigenvalue weighted by Gasteiger charge is -2.17. The summed E-state index contributed by atoms with van der Waals surface area (Å²) in [5.74, 6) is 0. The van der Waals surface area contributed by atoms with Crippen LogP contribution in [-0.2, 0) is 23.1 Å². The number of thiazole rings is 1. The molecule has 0 fully saturated rings. The van der Waals surface area contributed by atoms with E-state index in [2.05, 4.69) is 39.9 Å².